The lowest BCUT2D eigenvalue weighted by atomic mass is 10.1. The molecule has 10 heteroatoms. The maximum atomic E-state index is 14.0. The SMILES string of the molecule is CCCCNc1cc(F)ccc1C=CC(=O)NCc1cc(F)c(NS(C)(=O)=O)c(F)c1. The molecule has 6 nitrogen and oxygen atoms in total. The van der Waals surface area contributed by atoms with Gasteiger partial charge in [-0.2, -0.15) is 0 Å². The fourth-order valence-corrected chi connectivity index (χ4v) is 3.22. The Hall–Kier alpha value is -3.01. The Kier molecular flexibility index (Phi) is 8.49. The van der Waals surface area contributed by atoms with Gasteiger partial charge >= 0.3 is 0 Å². The van der Waals surface area contributed by atoms with Gasteiger partial charge in [-0.25, -0.2) is 21.6 Å². The molecule has 0 saturated heterocycles. The van der Waals surface area contributed by atoms with Crippen LogP contribution in [0.3, 0.4) is 0 Å². The van der Waals surface area contributed by atoms with Crippen molar-refractivity contribution in [1.29, 1.82) is 0 Å². The van der Waals surface area contributed by atoms with Crippen LogP contribution in [0.25, 0.3) is 6.08 Å². The van der Waals surface area contributed by atoms with Crippen LogP contribution in [0, 0.1) is 17.5 Å². The second-order valence-electron chi connectivity index (χ2n) is 6.87. The minimum absolute atomic E-state index is 0.111. The molecule has 0 fully saturated rings. The molecule has 31 heavy (non-hydrogen) atoms. The summed E-state index contributed by atoms with van der Waals surface area (Å²) in [6.45, 7) is 2.52. The molecule has 168 valence electrons. The van der Waals surface area contributed by atoms with E-state index in [1.54, 1.807) is 4.72 Å². The predicted molar refractivity (Wildman–Crippen MR) is 116 cm³/mol. The second kappa shape index (κ2) is 10.9. The van der Waals surface area contributed by atoms with E-state index >= 15 is 0 Å². The van der Waals surface area contributed by atoms with Gasteiger partial charge in [-0.15, -0.1) is 0 Å². The molecular formula is C21H24F3N3O3S. The van der Waals surface area contributed by atoms with Gasteiger partial charge in [-0.05, 0) is 54.0 Å². The van der Waals surface area contributed by atoms with Crippen LogP contribution >= 0.6 is 0 Å². The van der Waals surface area contributed by atoms with E-state index in [4.69, 9.17) is 0 Å². The van der Waals surface area contributed by atoms with E-state index in [0.717, 1.165) is 31.2 Å². The summed E-state index contributed by atoms with van der Waals surface area (Å²) in [5, 5.41) is 5.60. The minimum Gasteiger partial charge on any atom is -0.384 e. The molecule has 2 rings (SSSR count). The van der Waals surface area contributed by atoms with Crippen LogP contribution in [0.15, 0.2) is 36.4 Å². The number of hydrogen-bond acceptors (Lipinski definition) is 4. The zero-order valence-electron chi connectivity index (χ0n) is 17.1. The molecule has 0 aliphatic carbocycles. The van der Waals surface area contributed by atoms with Gasteiger partial charge in [-0.3, -0.25) is 9.52 Å². The number of carbonyl (C=O) groups excluding carboxylic acids is 1. The van der Waals surface area contributed by atoms with E-state index < -0.39 is 39.1 Å². The molecule has 0 atom stereocenters. The molecule has 2 aromatic rings. The van der Waals surface area contributed by atoms with Crippen molar-refractivity contribution >= 4 is 33.4 Å². The highest BCUT2D eigenvalue weighted by molar-refractivity contribution is 7.92. The number of nitrogens with one attached hydrogen (secondary N) is 3. The Morgan fingerprint density at radius 2 is 1.77 bits per heavy atom. The molecule has 0 aliphatic rings. The van der Waals surface area contributed by atoms with E-state index in [-0.39, 0.29) is 12.1 Å². The lowest BCUT2D eigenvalue weighted by Gasteiger charge is -2.10. The first-order valence-corrected chi connectivity index (χ1v) is 11.4. The third kappa shape index (κ3) is 7.97. The number of hydrogen-bond donors (Lipinski definition) is 3. The van der Waals surface area contributed by atoms with Gasteiger partial charge in [0, 0.05) is 24.9 Å². The first-order valence-electron chi connectivity index (χ1n) is 9.54. The largest absolute Gasteiger partial charge is 0.384 e. The molecule has 2 aromatic carbocycles. The van der Waals surface area contributed by atoms with Crippen molar-refractivity contribution < 1.29 is 26.4 Å². The smallest absolute Gasteiger partial charge is 0.244 e. The van der Waals surface area contributed by atoms with Gasteiger partial charge in [-0.1, -0.05) is 13.3 Å². The molecule has 0 spiro atoms. The standard InChI is InChI=1S/C21H24F3N3O3S/c1-3-4-9-25-19-12-16(22)7-5-15(19)6-8-20(28)26-13-14-10-17(23)21(18(24)11-14)27-31(2,29)30/h5-8,10-12,25,27H,3-4,9,13H2,1-2H3,(H,26,28). The van der Waals surface area contributed by atoms with E-state index in [0.29, 0.717) is 17.8 Å². The zero-order valence-corrected chi connectivity index (χ0v) is 18.0. The Labute approximate surface area is 179 Å². The topological polar surface area (TPSA) is 87.3 Å². The number of rotatable bonds is 10. The van der Waals surface area contributed by atoms with Crippen molar-refractivity contribution in [1.82, 2.24) is 5.32 Å². The third-order valence-electron chi connectivity index (χ3n) is 4.13. The van der Waals surface area contributed by atoms with Crippen molar-refractivity contribution in [3.8, 4) is 0 Å². The normalized spacial score (nSPS) is 11.5. The van der Waals surface area contributed by atoms with E-state index in [1.807, 2.05) is 6.92 Å². The summed E-state index contributed by atoms with van der Waals surface area (Å²) in [4.78, 5) is 12.1. The zero-order chi connectivity index (χ0) is 23.0. The van der Waals surface area contributed by atoms with Crippen LogP contribution in [0.1, 0.15) is 30.9 Å². The molecule has 0 aromatic heterocycles. The maximum Gasteiger partial charge on any atom is 0.244 e. The first-order chi connectivity index (χ1) is 14.6. The average molecular weight is 456 g/mol. The van der Waals surface area contributed by atoms with Crippen LogP contribution in [-0.4, -0.2) is 27.1 Å². The Bertz CT molecular complexity index is 1050. The van der Waals surface area contributed by atoms with Gasteiger partial charge < -0.3 is 10.6 Å². The summed E-state index contributed by atoms with van der Waals surface area (Å²) in [5.41, 5.74) is 0.493. The van der Waals surface area contributed by atoms with Crippen molar-refractivity contribution in [3.63, 3.8) is 0 Å². The van der Waals surface area contributed by atoms with Crippen LogP contribution in [0.4, 0.5) is 24.5 Å². The number of benzene rings is 2. The van der Waals surface area contributed by atoms with Crippen LogP contribution in [0.5, 0.6) is 0 Å². The highest BCUT2D eigenvalue weighted by Crippen LogP contribution is 2.22. The van der Waals surface area contributed by atoms with Gasteiger partial charge in [0.15, 0.2) is 11.6 Å². The summed E-state index contributed by atoms with van der Waals surface area (Å²) >= 11 is 0. The predicted octanol–water partition coefficient (Wildman–Crippen LogP) is 4.02. The summed E-state index contributed by atoms with van der Waals surface area (Å²) in [6.07, 6.45) is 5.39. The highest BCUT2D eigenvalue weighted by Gasteiger charge is 2.15. The number of carbonyl (C=O) groups is 1. The van der Waals surface area contributed by atoms with Crippen molar-refractivity contribution in [2.75, 3.05) is 22.8 Å². The fraction of sp³-hybridized carbons (Fsp3) is 0.286. The minimum atomic E-state index is -3.85. The molecule has 0 aliphatic heterocycles. The number of sulfonamides is 1. The first kappa shape index (κ1) is 24.3. The van der Waals surface area contributed by atoms with Crippen molar-refractivity contribution in [3.05, 3.63) is 65.0 Å². The fourth-order valence-electron chi connectivity index (χ4n) is 2.65. The maximum absolute atomic E-state index is 14.0. The molecule has 3 N–H and O–H groups in total. The summed E-state index contributed by atoms with van der Waals surface area (Å²) < 4.78 is 65.6. The van der Waals surface area contributed by atoms with Crippen LogP contribution in [0.2, 0.25) is 0 Å². The average Bonchev–Trinajstić information content (AvgIpc) is 2.68. The number of amides is 1. The van der Waals surface area contributed by atoms with Gasteiger partial charge in [0.25, 0.3) is 0 Å². The number of anilines is 2. The molecule has 0 radical (unpaired) electrons. The highest BCUT2D eigenvalue weighted by atomic mass is 32.2. The molecule has 0 bridgehead atoms. The van der Waals surface area contributed by atoms with Crippen molar-refractivity contribution in [2.45, 2.75) is 26.3 Å². The van der Waals surface area contributed by atoms with Crippen LogP contribution in [-0.2, 0) is 21.4 Å². The number of unbranched alkanes of at least 4 members (excludes halogenated alkanes) is 1. The lowest BCUT2D eigenvalue weighted by molar-refractivity contribution is -0.116. The summed E-state index contributed by atoms with van der Waals surface area (Å²) in [7, 11) is -3.85. The van der Waals surface area contributed by atoms with Crippen LogP contribution < -0.4 is 15.4 Å². The van der Waals surface area contributed by atoms with E-state index in [2.05, 4.69) is 10.6 Å². The Morgan fingerprint density at radius 1 is 1.10 bits per heavy atom. The Balaban J connectivity index is 2.03. The second-order valence-corrected chi connectivity index (χ2v) is 8.62. The molecule has 0 saturated carbocycles. The van der Waals surface area contributed by atoms with Gasteiger partial charge in [0.2, 0.25) is 15.9 Å². The van der Waals surface area contributed by atoms with E-state index in [9.17, 15) is 26.4 Å². The van der Waals surface area contributed by atoms with E-state index in [1.165, 1.54) is 30.4 Å². The third-order valence-corrected chi connectivity index (χ3v) is 4.71. The molecule has 0 unspecified atom stereocenters. The molecule has 1 amide bonds. The monoisotopic (exact) mass is 455 g/mol. The Morgan fingerprint density at radius 3 is 2.39 bits per heavy atom. The van der Waals surface area contributed by atoms with Gasteiger partial charge in [0.05, 0.1) is 6.26 Å². The number of halogens is 3. The summed E-state index contributed by atoms with van der Waals surface area (Å²) in [5.74, 6) is -3.12. The van der Waals surface area contributed by atoms with Crippen molar-refractivity contribution in [2.24, 2.45) is 0 Å². The quantitative estimate of drug-likeness (QED) is 0.373. The van der Waals surface area contributed by atoms with Gasteiger partial charge in [0.1, 0.15) is 11.5 Å². The lowest BCUT2D eigenvalue weighted by Crippen LogP contribution is -2.21. The molecular weight excluding hydrogens is 431 g/mol. The molecule has 0 heterocycles. The summed E-state index contributed by atoms with van der Waals surface area (Å²) in [6, 6.07) is 6.00.